The van der Waals surface area contributed by atoms with Gasteiger partial charge in [0.05, 0.1) is 0 Å². The predicted molar refractivity (Wildman–Crippen MR) is 68.0 cm³/mol. The summed E-state index contributed by atoms with van der Waals surface area (Å²) in [4.78, 5) is 11.1. The van der Waals surface area contributed by atoms with Crippen molar-refractivity contribution in [1.82, 2.24) is 10.6 Å². The predicted octanol–water partition coefficient (Wildman–Crippen LogP) is 1.31. The lowest BCUT2D eigenvalue weighted by molar-refractivity contribution is -0.122. The summed E-state index contributed by atoms with van der Waals surface area (Å²) in [5.74, 6) is 0.640. The minimum atomic E-state index is -0.124. The molecule has 0 unspecified atom stereocenters. The van der Waals surface area contributed by atoms with E-state index in [1.54, 1.807) is 7.05 Å². The van der Waals surface area contributed by atoms with Crippen molar-refractivity contribution in [3.8, 4) is 5.75 Å². The second kappa shape index (κ2) is 7.68. The topological polar surface area (TPSA) is 50.4 Å². The molecule has 0 atom stereocenters. The fourth-order valence-electron chi connectivity index (χ4n) is 1.41. The first kappa shape index (κ1) is 13.5. The molecule has 4 heteroatoms. The summed E-state index contributed by atoms with van der Waals surface area (Å²) < 4.78 is 5.47. The molecule has 0 aliphatic carbocycles. The first-order valence-corrected chi connectivity index (χ1v) is 5.90. The third kappa shape index (κ3) is 4.87. The number of carbonyl (C=O) groups excluding carboxylic acids is 1. The molecule has 94 valence electrons. The number of amides is 1. The number of rotatable bonds is 7. The van der Waals surface area contributed by atoms with Crippen LogP contribution in [0.4, 0.5) is 0 Å². The first-order chi connectivity index (χ1) is 8.27. The Bertz CT molecular complexity index is 353. The van der Waals surface area contributed by atoms with Gasteiger partial charge in [0.2, 0.25) is 0 Å². The fraction of sp³-hybridized carbons (Fsp3) is 0.462. The van der Waals surface area contributed by atoms with Crippen LogP contribution in [0.15, 0.2) is 24.3 Å². The van der Waals surface area contributed by atoms with Crippen LogP contribution in [0.5, 0.6) is 5.75 Å². The fourth-order valence-corrected chi connectivity index (χ4v) is 1.41. The third-order valence-corrected chi connectivity index (χ3v) is 2.35. The molecule has 0 fully saturated rings. The minimum absolute atomic E-state index is 0.0568. The van der Waals surface area contributed by atoms with Gasteiger partial charge in [0.15, 0.2) is 6.61 Å². The molecule has 1 amide bonds. The molecule has 0 aliphatic rings. The first-order valence-electron chi connectivity index (χ1n) is 5.90. The Balaban J connectivity index is 2.54. The molecule has 0 radical (unpaired) electrons. The van der Waals surface area contributed by atoms with E-state index in [9.17, 15) is 4.79 Å². The van der Waals surface area contributed by atoms with Crippen LogP contribution < -0.4 is 15.4 Å². The molecule has 1 rings (SSSR count). The van der Waals surface area contributed by atoms with Crippen LogP contribution >= 0.6 is 0 Å². The van der Waals surface area contributed by atoms with Crippen LogP contribution in [0.1, 0.15) is 18.9 Å². The zero-order valence-electron chi connectivity index (χ0n) is 10.5. The monoisotopic (exact) mass is 236 g/mol. The lowest BCUT2D eigenvalue weighted by Gasteiger charge is -2.11. The van der Waals surface area contributed by atoms with Crippen molar-refractivity contribution in [2.45, 2.75) is 19.9 Å². The molecule has 0 spiro atoms. The van der Waals surface area contributed by atoms with Gasteiger partial charge < -0.3 is 15.4 Å². The molecule has 0 bridgehead atoms. The largest absolute Gasteiger partial charge is 0.483 e. The Labute approximate surface area is 102 Å². The Morgan fingerprint density at radius 2 is 2.12 bits per heavy atom. The van der Waals surface area contributed by atoms with Gasteiger partial charge >= 0.3 is 0 Å². The Morgan fingerprint density at radius 1 is 1.35 bits per heavy atom. The van der Waals surface area contributed by atoms with Crippen LogP contribution in [0.25, 0.3) is 0 Å². The summed E-state index contributed by atoms with van der Waals surface area (Å²) in [7, 11) is 1.60. The van der Waals surface area contributed by atoms with E-state index in [0.29, 0.717) is 0 Å². The van der Waals surface area contributed by atoms with Crippen molar-refractivity contribution in [3.63, 3.8) is 0 Å². The Kier molecular flexibility index (Phi) is 6.10. The number of benzene rings is 1. The van der Waals surface area contributed by atoms with Crippen molar-refractivity contribution >= 4 is 5.91 Å². The number of likely N-dealkylation sites (N-methyl/N-ethyl adjacent to an activating group) is 1. The van der Waals surface area contributed by atoms with E-state index in [4.69, 9.17) is 4.74 Å². The quantitative estimate of drug-likeness (QED) is 0.702. The van der Waals surface area contributed by atoms with E-state index >= 15 is 0 Å². The lowest BCUT2D eigenvalue weighted by Crippen LogP contribution is -2.25. The number of hydrogen-bond acceptors (Lipinski definition) is 3. The zero-order valence-corrected chi connectivity index (χ0v) is 10.5. The number of nitrogens with one attached hydrogen (secondary N) is 2. The molecule has 0 heterocycles. The standard InChI is InChI=1S/C13H20N2O2/c1-3-8-15-9-11-6-4-5-7-12(11)17-10-13(16)14-2/h4-7,15H,3,8-10H2,1-2H3,(H,14,16). The van der Waals surface area contributed by atoms with Gasteiger partial charge in [0.25, 0.3) is 5.91 Å². The summed E-state index contributed by atoms with van der Waals surface area (Å²) >= 11 is 0. The average molecular weight is 236 g/mol. The van der Waals surface area contributed by atoms with Gasteiger partial charge in [-0.2, -0.15) is 0 Å². The van der Waals surface area contributed by atoms with Crippen LogP contribution in [0.3, 0.4) is 0 Å². The van der Waals surface area contributed by atoms with Gasteiger partial charge in [-0.3, -0.25) is 4.79 Å². The second-order valence-corrected chi connectivity index (χ2v) is 3.75. The van der Waals surface area contributed by atoms with Gasteiger partial charge in [0, 0.05) is 19.2 Å². The van der Waals surface area contributed by atoms with Gasteiger partial charge in [-0.1, -0.05) is 25.1 Å². The molecule has 0 saturated carbocycles. The maximum absolute atomic E-state index is 11.1. The smallest absolute Gasteiger partial charge is 0.257 e. The van der Waals surface area contributed by atoms with Crippen molar-refractivity contribution in [2.24, 2.45) is 0 Å². The zero-order chi connectivity index (χ0) is 12.5. The number of hydrogen-bond donors (Lipinski definition) is 2. The summed E-state index contributed by atoms with van der Waals surface area (Å²) in [6.07, 6.45) is 1.10. The molecule has 0 aromatic heterocycles. The van der Waals surface area contributed by atoms with Crippen molar-refractivity contribution < 1.29 is 9.53 Å². The van der Waals surface area contributed by atoms with Gasteiger partial charge in [-0.25, -0.2) is 0 Å². The molecule has 1 aromatic rings. The van der Waals surface area contributed by atoms with Gasteiger partial charge in [0.1, 0.15) is 5.75 Å². The van der Waals surface area contributed by atoms with Crippen LogP contribution in [-0.2, 0) is 11.3 Å². The SMILES string of the molecule is CCCNCc1ccccc1OCC(=O)NC. The van der Waals surface area contributed by atoms with E-state index in [0.717, 1.165) is 30.8 Å². The molecule has 1 aromatic carbocycles. The highest BCUT2D eigenvalue weighted by Gasteiger charge is 2.04. The normalized spacial score (nSPS) is 10.0. The van der Waals surface area contributed by atoms with E-state index in [2.05, 4.69) is 17.6 Å². The number of carbonyl (C=O) groups is 1. The molecular formula is C13H20N2O2. The maximum Gasteiger partial charge on any atom is 0.257 e. The van der Waals surface area contributed by atoms with Crippen molar-refractivity contribution in [2.75, 3.05) is 20.2 Å². The molecule has 0 saturated heterocycles. The van der Waals surface area contributed by atoms with Crippen LogP contribution in [0, 0.1) is 0 Å². The highest BCUT2D eigenvalue weighted by atomic mass is 16.5. The third-order valence-electron chi connectivity index (χ3n) is 2.35. The van der Waals surface area contributed by atoms with Gasteiger partial charge in [-0.05, 0) is 19.0 Å². The summed E-state index contributed by atoms with van der Waals surface area (Å²) in [6, 6.07) is 7.76. The van der Waals surface area contributed by atoms with Crippen LogP contribution in [0.2, 0.25) is 0 Å². The number of ether oxygens (including phenoxy) is 1. The molecule has 17 heavy (non-hydrogen) atoms. The van der Waals surface area contributed by atoms with Crippen molar-refractivity contribution in [3.05, 3.63) is 29.8 Å². The van der Waals surface area contributed by atoms with E-state index in [1.807, 2.05) is 24.3 Å². The summed E-state index contributed by atoms with van der Waals surface area (Å²) in [6.45, 7) is 3.92. The Hall–Kier alpha value is -1.55. The van der Waals surface area contributed by atoms with Gasteiger partial charge in [-0.15, -0.1) is 0 Å². The maximum atomic E-state index is 11.1. The molecule has 0 aliphatic heterocycles. The van der Waals surface area contributed by atoms with Crippen LogP contribution in [-0.4, -0.2) is 26.1 Å². The summed E-state index contributed by atoms with van der Waals surface area (Å²) in [5, 5.41) is 5.84. The lowest BCUT2D eigenvalue weighted by atomic mass is 10.2. The number of para-hydroxylation sites is 1. The molecular weight excluding hydrogens is 216 g/mol. The van der Waals surface area contributed by atoms with E-state index in [-0.39, 0.29) is 12.5 Å². The van der Waals surface area contributed by atoms with Crippen molar-refractivity contribution in [1.29, 1.82) is 0 Å². The second-order valence-electron chi connectivity index (χ2n) is 3.75. The Morgan fingerprint density at radius 3 is 2.82 bits per heavy atom. The average Bonchev–Trinajstić information content (AvgIpc) is 2.37. The summed E-state index contributed by atoms with van der Waals surface area (Å²) in [5.41, 5.74) is 1.07. The molecule has 2 N–H and O–H groups in total. The highest BCUT2D eigenvalue weighted by molar-refractivity contribution is 5.77. The van der Waals surface area contributed by atoms with E-state index in [1.165, 1.54) is 0 Å². The highest BCUT2D eigenvalue weighted by Crippen LogP contribution is 2.17. The minimum Gasteiger partial charge on any atom is -0.483 e. The molecule has 4 nitrogen and oxygen atoms in total. The van der Waals surface area contributed by atoms with E-state index < -0.39 is 0 Å².